The highest BCUT2D eigenvalue weighted by atomic mass is 79.9. The Balaban J connectivity index is 1.63. The summed E-state index contributed by atoms with van der Waals surface area (Å²) in [7, 11) is 0. The zero-order chi connectivity index (χ0) is 15.4. The first kappa shape index (κ1) is 15.7. The standard InChI is InChI=1S/C19H22BrNO/c1-15-7-9-17(10-8-15)19(20)18-14-21(11-12-22-18)13-16-5-3-2-4-6-16/h2-10,18-19H,11-14H2,1H3/t18-,19+/m1/s1. The summed E-state index contributed by atoms with van der Waals surface area (Å²) >= 11 is 3.83. The number of benzene rings is 2. The number of alkyl halides is 1. The summed E-state index contributed by atoms with van der Waals surface area (Å²) in [5.41, 5.74) is 3.94. The first-order valence-corrected chi connectivity index (χ1v) is 8.72. The van der Waals surface area contributed by atoms with Gasteiger partial charge in [0.05, 0.1) is 17.5 Å². The fraction of sp³-hybridized carbons (Fsp3) is 0.368. The molecular weight excluding hydrogens is 338 g/mol. The number of ether oxygens (including phenoxy) is 1. The number of nitrogens with zero attached hydrogens (tertiary/aromatic N) is 1. The minimum Gasteiger partial charge on any atom is -0.374 e. The van der Waals surface area contributed by atoms with E-state index in [4.69, 9.17) is 4.74 Å². The predicted octanol–water partition coefficient (Wildman–Crippen LogP) is 4.33. The van der Waals surface area contributed by atoms with Crippen molar-refractivity contribution in [1.82, 2.24) is 4.90 Å². The minimum atomic E-state index is 0.195. The van der Waals surface area contributed by atoms with E-state index in [9.17, 15) is 0 Å². The Hall–Kier alpha value is -1.16. The summed E-state index contributed by atoms with van der Waals surface area (Å²) in [5.74, 6) is 0. The minimum absolute atomic E-state index is 0.195. The maximum atomic E-state index is 6.00. The molecule has 0 saturated carbocycles. The van der Waals surface area contributed by atoms with Crippen molar-refractivity contribution in [2.24, 2.45) is 0 Å². The molecule has 116 valence electrons. The third-order valence-electron chi connectivity index (χ3n) is 4.15. The number of morpholine rings is 1. The first-order valence-electron chi connectivity index (χ1n) is 7.81. The largest absolute Gasteiger partial charge is 0.374 e. The molecule has 1 aliphatic rings. The number of aryl methyl sites for hydroxylation is 1. The molecule has 22 heavy (non-hydrogen) atoms. The zero-order valence-corrected chi connectivity index (χ0v) is 14.5. The molecule has 0 amide bonds. The maximum absolute atomic E-state index is 6.00. The monoisotopic (exact) mass is 359 g/mol. The van der Waals surface area contributed by atoms with Gasteiger partial charge in [0.1, 0.15) is 0 Å². The molecule has 0 unspecified atom stereocenters. The van der Waals surface area contributed by atoms with Gasteiger partial charge in [-0.2, -0.15) is 0 Å². The Kier molecular flexibility index (Phi) is 5.29. The molecule has 3 heteroatoms. The molecule has 0 radical (unpaired) electrons. The van der Waals surface area contributed by atoms with Gasteiger partial charge < -0.3 is 4.74 Å². The molecule has 0 N–H and O–H groups in total. The van der Waals surface area contributed by atoms with Crippen LogP contribution < -0.4 is 0 Å². The Morgan fingerprint density at radius 1 is 1.14 bits per heavy atom. The lowest BCUT2D eigenvalue weighted by Crippen LogP contribution is -2.43. The summed E-state index contributed by atoms with van der Waals surface area (Å²) in [4.78, 5) is 2.72. The summed E-state index contributed by atoms with van der Waals surface area (Å²) in [6, 6.07) is 19.4. The number of rotatable bonds is 4. The molecular formula is C19H22BrNO. The summed E-state index contributed by atoms with van der Waals surface area (Å²) in [6.45, 7) is 5.86. The molecule has 0 spiro atoms. The molecule has 1 fully saturated rings. The van der Waals surface area contributed by atoms with Crippen LogP contribution in [-0.2, 0) is 11.3 Å². The van der Waals surface area contributed by atoms with Gasteiger partial charge in [-0.25, -0.2) is 0 Å². The SMILES string of the molecule is Cc1ccc([C@H](Br)[C@H]2CN(Cc3ccccc3)CCO2)cc1. The Bertz CT molecular complexity index is 584. The quantitative estimate of drug-likeness (QED) is 0.753. The second-order valence-corrected chi connectivity index (χ2v) is 6.93. The highest BCUT2D eigenvalue weighted by molar-refractivity contribution is 9.09. The van der Waals surface area contributed by atoms with Crippen molar-refractivity contribution in [2.75, 3.05) is 19.7 Å². The van der Waals surface area contributed by atoms with Gasteiger partial charge >= 0.3 is 0 Å². The Labute approximate surface area is 141 Å². The summed E-state index contributed by atoms with van der Waals surface area (Å²) in [5, 5.41) is 0. The van der Waals surface area contributed by atoms with E-state index < -0.39 is 0 Å². The van der Waals surface area contributed by atoms with E-state index in [0.29, 0.717) is 0 Å². The van der Waals surface area contributed by atoms with Gasteiger partial charge in [-0.3, -0.25) is 4.90 Å². The zero-order valence-electron chi connectivity index (χ0n) is 12.9. The molecule has 1 saturated heterocycles. The van der Waals surface area contributed by atoms with E-state index in [-0.39, 0.29) is 10.9 Å². The lowest BCUT2D eigenvalue weighted by atomic mass is 10.0. The highest BCUT2D eigenvalue weighted by Crippen LogP contribution is 2.31. The number of halogens is 1. The average molecular weight is 360 g/mol. The lowest BCUT2D eigenvalue weighted by Gasteiger charge is -2.35. The predicted molar refractivity (Wildman–Crippen MR) is 94.3 cm³/mol. The van der Waals surface area contributed by atoms with E-state index in [0.717, 1.165) is 26.2 Å². The lowest BCUT2D eigenvalue weighted by molar-refractivity contribution is -0.0310. The van der Waals surface area contributed by atoms with Crippen LogP contribution >= 0.6 is 15.9 Å². The molecule has 3 rings (SSSR count). The van der Waals surface area contributed by atoms with Crippen molar-refractivity contribution < 1.29 is 4.74 Å². The Morgan fingerprint density at radius 3 is 2.59 bits per heavy atom. The van der Waals surface area contributed by atoms with E-state index in [1.165, 1.54) is 16.7 Å². The van der Waals surface area contributed by atoms with Gasteiger partial charge in [0, 0.05) is 19.6 Å². The molecule has 0 aliphatic carbocycles. The molecule has 2 atom stereocenters. The van der Waals surface area contributed by atoms with Crippen molar-refractivity contribution in [3.05, 3.63) is 71.3 Å². The van der Waals surface area contributed by atoms with Gasteiger partial charge in [-0.15, -0.1) is 0 Å². The first-order chi connectivity index (χ1) is 10.7. The van der Waals surface area contributed by atoms with E-state index in [1.807, 2.05) is 0 Å². The smallest absolute Gasteiger partial charge is 0.0868 e. The molecule has 1 aliphatic heterocycles. The summed E-state index contributed by atoms with van der Waals surface area (Å²) in [6.07, 6.45) is 0.195. The fourth-order valence-electron chi connectivity index (χ4n) is 2.86. The molecule has 1 heterocycles. The molecule has 0 bridgehead atoms. The van der Waals surface area contributed by atoms with E-state index >= 15 is 0 Å². The van der Waals surface area contributed by atoms with E-state index in [1.54, 1.807) is 0 Å². The van der Waals surface area contributed by atoms with Crippen LogP contribution in [0.15, 0.2) is 54.6 Å². The van der Waals surface area contributed by atoms with Crippen molar-refractivity contribution in [2.45, 2.75) is 24.4 Å². The van der Waals surface area contributed by atoms with Gasteiger partial charge in [0.25, 0.3) is 0 Å². The summed E-state index contributed by atoms with van der Waals surface area (Å²) < 4.78 is 6.00. The van der Waals surface area contributed by atoms with Crippen LogP contribution in [0.1, 0.15) is 21.5 Å². The van der Waals surface area contributed by atoms with Gasteiger partial charge in [-0.05, 0) is 18.1 Å². The molecule has 2 nitrogen and oxygen atoms in total. The van der Waals surface area contributed by atoms with Crippen LogP contribution in [0, 0.1) is 6.92 Å². The number of hydrogen-bond acceptors (Lipinski definition) is 2. The van der Waals surface area contributed by atoms with Gasteiger partial charge in [0.2, 0.25) is 0 Å². The third kappa shape index (κ3) is 3.97. The van der Waals surface area contributed by atoms with Crippen LogP contribution in [0.2, 0.25) is 0 Å². The van der Waals surface area contributed by atoms with Crippen molar-refractivity contribution in [3.63, 3.8) is 0 Å². The second-order valence-electron chi connectivity index (χ2n) is 5.94. The van der Waals surface area contributed by atoms with Gasteiger partial charge in [0.15, 0.2) is 0 Å². The van der Waals surface area contributed by atoms with Crippen molar-refractivity contribution in [1.29, 1.82) is 0 Å². The average Bonchev–Trinajstić information content (AvgIpc) is 2.56. The van der Waals surface area contributed by atoms with Crippen LogP contribution in [0.5, 0.6) is 0 Å². The number of hydrogen-bond donors (Lipinski definition) is 0. The topological polar surface area (TPSA) is 12.5 Å². The molecule has 2 aromatic carbocycles. The van der Waals surface area contributed by atoms with Crippen LogP contribution in [0.25, 0.3) is 0 Å². The normalized spacial score (nSPS) is 20.7. The van der Waals surface area contributed by atoms with Crippen LogP contribution in [0.4, 0.5) is 0 Å². The third-order valence-corrected chi connectivity index (χ3v) is 5.27. The molecule has 2 aromatic rings. The Morgan fingerprint density at radius 2 is 1.86 bits per heavy atom. The fourth-order valence-corrected chi connectivity index (χ4v) is 3.48. The van der Waals surface area contributed by atoms with Crippen molar-refractivity contribution >= 4 is 15.9 Å². The maximum Gasteiger partial charge on any atom is 0.0868 e. The van der Waals surface area contributed by atoms with Crippen LogP contribution in [-0.4, -0.2) is 30.7 Å². The molecule has 0 aromatic heterocycles. The van der Waals surface area contributed by atoms with E-state index in [2.05, 4.69) is 82.4 Å². The van der Waals surface area contributed by atoms with Gasteiger partial charge in [-0.1, -0.05) is 76.1 Å². The van der Waals surface area contributed by atoms with Crippen LogP contribution in [0.3, 0.4) is 0 Å². The van der Waals surface area contributed by atoms with Crippen molar-refractivity contribution in [3.8, 4) is 0 Å². The second kappa shape index (κ2) is 7.40. The highest BCUT2D eigenvalue weighted by Gasteiger charge is 2.27.